The first kappa shape index (κ1) is 10.7. The zero-order valence-electron chi connectivity index (χ0n) is 9.28. The molecule has 0 atom stereocenters. The Hall–Kier alpha value is -1.45. The lowest BCUT2D eigenvalue weighted by Gasteiger charge is -2.16. The smallest absolute Gasteiger partial charge is 0.159 e. The Morgan fingerprint density at radius 1 is 1.29 bits per heavy atom. The van der Waals surface area contributed by atoms with E-state index in [1.165, 1.54) is 5.56 Å². The first-order chi connectivity index (χ1) is 8.33. The fourth-order valence-corrected chi connectivity index (χ4v) is 2.19. The fraction of sp³-hybridized carbons (Fsp3) is 0.231. The van der Waals surface area contributed by atoms with E-state index in [-0.39, 0.29) is 0 Å². The van der Waals surface area contributed by atoms with Crippen molar-refractivity contribution in [2.75, 3.05) is 6.54 Å². The summed E-state index contributed by atoms with van der Waals surface area (Å²) in [6.45, 7) is 1.85. The molecule has 1 aromatic carbocycles. The van der Waals surface area contributed by atoms with Gasteiger partial charge in [0.2, 0.25) is 0 Å². The minimum Gasteiger partial charge on any atom is -0.312 e. The molecule has 0 spiro atoms. The van der Waals surface area contributed by atoms with Crippen molar-refractivity contribution in [2.24, 2.45) is 0 Å². The number of nitrogens with zero attached hydrogens (tertiary/aromatic N) is 2. The third-order valence-corrected chi connectivity index (χ3v) is 3.13. The molecule has 1 aliphatic rings. The van der Waals surface area contributed by atoms with Gasteiger partial charge in [0.25, 0.3) is 0 Å². The molecule has 3 nitrogen and oxygen atoms in total. The van der Waals surface area contributed by atoms with Crippen LogP contribution < -0.4 is 5.32 Å². The van der Waals surface area contributed by atoms with Crippen LogP contribution in [0.15, 0.2) is 30.5 Å². The summed E-state index contributed by atoms with van der Waals surface area (Å²) in [6, 6.07) is 7.65. The van der Waals surface area contributed by atoms with Gasteiger partial charge >= 0.3 is 0 Å². The van der Waals surface area contributed by atoms with Gasteiger partial charge in [-0.05, 0) is 12.1 Å². The predicted molar refractivity (Wildman–Crippen MR) is 67.9 cm³/mol. The van der Waals surface area contributed by atoms with Crippen molar-refractivity contribution in [2.45, 2.75) is 13.0 Å². The van der Waals surface area contributed by atoms with Gasteiger partial charge in [0, 0.05) is 41.9 Å². The van der Waals surface area contributed by atoms with E-state index in [2.05, 4.69) is 15.3 Å². The average Bonchev–Trinajstić information content (AvgIpc) is 2.38. The fourth-order valence-electron chi connectivity index (χ4n) is 2.00. The molecule has 0 unspecified atom stereocenters. The molecule has 86 valence electrons. The van der Waals surface area contributed by atoms with Gasteiger partial charge < -0.3 is 5.32 Å². The molecule has 2 heterocycles. The van der Waals surface area contributed by atoms with Crippen LogP contribution in [-0.4, -0.2) is 16.5 Å². The normalized spacial score (nSPS) is 14.4. The number of aromatic nitrogens is 2. The molecule has 1 aliphatic heterocycles. The second kappa shape index (κ2) is 4.43. The van der Waals surface area contributed by atoms with E-state index in [9.17, 15) is 0 Å². The second-order valence-electron chi connectivity index (χ2n) is 4.10. The Morgan fingerprint density at radius 2 is 2.24 bits per heavy atom. The summed E-state index contributed by atoms with van der Waals surface area (Å²) in [4.78, 5) is 9.01. The van der Waals surface area contributed by atoms with Crippen molar-refractivity contribution in [3.8, 4) is 11.4 Å². The Morgan fingerprint density at radius 3 is 3.12 bits per heavy atom. The van der Waals surface area contributed by atoms with E-state index in [4.69, 9.17) is 11.6 Å². The first-order valence-corrected chi connectivity index (χ1v) is 6.02. The summed E-state index contributed by atoms with van der Waals surface area (Å²) >= 11 is 5.97. The summed E-state index contributed by atoms with van der Waals surface area (Å²) < 4.78 is 0. The molecule has 1 N–H and O–H groups in total. The van der Waals surface area contributed by atoms with Gasteiger partial charge in [0.1, 0.15) is 0 Å². The average molecular weight is 246 g/mol. The largest absolute Gasteiger partial charge is 0.312 e. The van der Waals surface area contributed by atoms with E-state index in [1.807, 2.05) is 30.5 Å². The maximum Gasteiger partial charge on any atom is 0.159 e. The number of nitrogens with one attached hydrogen (secondary N) is 1. The van der Waals surface area contributed by atoms with E-state index >= 15 is 0 Å². The highest BCUT2D eigenvalue weighted by atomic mass is 35.5. The van der Waals surface area contributed by atoms with Gasteiger partial charge in [0.05, 0.1) is 5.69 Å². The highest BCUT2D eigenvalue weighted by Crippen LogP contribution is 2.21. The predicted octanol–water partition coefficient (Wildman–Crippen LogP) is 2.44. The molecule has 2 aromatic rings. The Bertz CT molecular complexity index is 554. The van der Waals surface area contributed by atoms with Crippen LogP contribution in [0.25, 0.3) is 11.4 Å². The molecular weight excluding hydrogens is 234 g/mol. The summed E-state index contributed by atoms with van der Waals surface area (Å²) in [5, 5.41) is 4.02. The Labute approximate surface area is 105 Å². The van der Waals surface area contributed by atoms with E-state index < -0.39 is 0 Å². The lowest BCUT2D eigenvalue weighted by molar-refractivity contribution is 0.626. The van der Waals surface area contributed by atoms with Gasteiger partial charge in [0.15, 0.2) is 5.82 Å². The molecule has 3 rings (SSSR count). The number of hydrogen-bond donors (Lipinski definition) is 1. The summed E-state index contributed by atoms with van der Waals surface area (Å²) in [6.07, 6.45) is 2.87. The molecule has 0 bridgehead atoms. The summed E-state index contributed by atoms with van der Waals surface area (Å²) in [5.41, 5.74) is 3.31. The van der Waals surface area contributed by atoms with Crippen molar-refractivity contribution in [3.63, 3.8) is 0 Å². The van der Waals surface area contributed by atoms with Gasteiger partial charge in [-0.15, -0.1) is 0 Å². The van der Waals surface area contributed by atoms with E-state index in [0.717, 1.165) is 36.6 Å². The zero-order valence-corrected chi connectivity index (χ0v) is 10.0. The highest BCUT2D eigenvalue weighted by Gasteiger charge is 2.12. The van der Waals surface area contributed by atoms with Crippen molar-refractivity contribution in [3.05, 3.63) is 46.7 Å². The summed E-state index contributed by atoms with van der Waals surface area (Å²) in [7, 11) is 0. The van der Waals surface area contributed by atoms with Gasteiger partial charge in [-0.2, -0.15) is 0 Å². The van der Waals surface area contributed by atoms with Crippen molar-refractivity contribution in [1.82, 2.24) is 15.3 Å². The van der Waals surface area contributed by atoms with Gasteiger partial charge in [-0.3, -0.25) is 0 Å². The molecule has 0 radical (unpaired) electrons. The van der Waals surface area contributed by atoms with Crippen LogP contribution in [0.4, 0.5) is 0 Å². The van der Waals surface area contributed by atoms with Crippen molar-refractivity contribution in [1.29, 1.82) is 0 Å². The minimum absolute atomic E-state index is 0.713. The quantitative estimate of drug-likeness (QED) is 0.839. The van der Waals surface area contributed by atoms with Crippen LogP contribution >= 0.6 is 11.6 Å². The minimum atomic E-state index is 0.713. The first-order valence-electron chi connectivity index (χ1n) is 5.64. The third kappa shape index (κ3) is 2.16. The van der Waals surface area contributed by atoms with Crippen LogP contribution in [0, 0.1) is 0 Å². The molecule has 0 saturated carbocycles. The molecule has 17 heavy (non-hydrogen) atoms. The molecule has 0 aliphatic carbocycles. The number of rotatable bonds is 1. The van der Waals surface area contributed by atoms with E-state index in [1.54, 1.807) is 0 Å². The van der Waals surface area contributed by atoms with Crippen molar-refractivity contribution < 1.29 is 0 Å². The third-order valence-electron chi connectivity index (χ3n) is 2.89. The molecule has 0 fully saturated rings. The lowest BCUT2D eigenvalue weighted by atomic mass is 10.1. The van der Waals surface area contributed by atoms with Crippen LogP contribution in [0.3, 0.4) is 0 Å². The molecule has 0 amide bonds. The number of benzene rings is 1. The molecule has 0 saturated heterocycles. The SMILES string of the molecule is Clc1cccc(-c2ncc3c(n2)CCNC3)c1. The van der Waals surface area contributed by atoms with Crippen LogP contribution in [0.5, 0.6) is 0 Å². The molecule has 1 aromatic heterocycles. The highest BCUT2D eigenvalue weighted by molar-refractivity contribution is 6.30. The molecule has 4 heteroatoms. The standard InChI is InChI=1S/C13H12ClN3/c14-11-3-1-2-9(6-11)13-16-8-10-7-15-5-4-12(10)17-13/h1-3,6,8,15H,4-5,7H2. The summed E-state index contributed by atoms with van der Waals surface area (Å²) in [5.74, 6) is 0.758. The van der Waals surface area contributed by atoms with Gasteiger partial charge in [-0.1, -0.05) is 23.7 Å². The monoisotopic (exact) mass is 245 g/mol. The maximum atomic E-state index is 5.97. The number of hydrogen-bond acceptors (Lipinski definition) is 3. The van der Waals surface area contributed by atoms with Crippen LogP contribution in [0.2, 0.25) is 5.02 Å². The Balaban J connectivity index is 2.04. The number of halogens is 1. The zero-order chi connectivity index (χ0) is 11.7. The van der Waals surface area contributed by atoms with Crippen LogP contribution in [0.1, 0.15) is 11.3 Å². The number of fused-ring (bicyclic) bond motifs is 1. The molecular formula is C13H12ClN3. The lowest BCUT2D eigenvalue weighted by Crippen LogP contribution is -2.24. The van der Waals surface area contributed by atoms with Crippen molar-refractivity contribution >= 4 is 11.6 Å². The Kier molecular flexibility index (Phi) is 2.79. The maximum absolute atomic E-state index is 5.97. The van der Waals surface area contributed by atoms with Gasteiger partial charge in [-0.25, -0.2) is 9.97 Å². The van der Waals surface area contributed by atoms with E-state index in [0.29, 0.717) is 5.02 Å². The topological polar surface area (TPSA) is 37.8 Å². The second-order valence-corrected chi connectivity index (χ2v) is 4.54. The van der Waals surface area contributed by atoms with Crippen LogP contribution in [-0.2, 0) is 13.0 Å².